The molecular weight excluding hydrogens is 458 g/mol. The molecule has 1 fully saturated rings. The Morgan fingerprint density at radius 1 is 1.26 bits per heavy atom. The molecule has 0 saturated carbocycles. The highest BCUT2D eigenvalue weighted by Gasteiger charge is 2.21. The lowest BCUT2D eigenvalue weighted by Crippen LogP contribution is -2.46. The molecule has 1 saturated heterocycles. The van der Waals surface area contributed by atoms with Crippen molar-refractivity contribution in [1.29, 1.82) is 0 Å². The number of hydrogen-bond acceptors (Lipinski definition) is 3. The Kier molecular flexibility index (Phi) is 11.2. The molecule has 27 heavy (non-hydrogen) atoms. The molecule has 0 radical (unpaired) electrons. The van der Waals surface area contributed by atoms with Crippen molar-refractivity contribution in [1.82, 2.24) is 15.5 Å². The molecule has 5 nitrogen and oxygen atoms in total. The van der Waals surface area contributed by atoms with Gasteiger partial charge in [0.2, 0.25) is 0 Å². The summed E-state index contributed by atoms with van der Waals surface area (Å²) < 4.78 is 19.4. The normalized spacial score (nSPS) is 20.9. The van der Waals surface area contributed by atoms with Crippen LogP contribution in [0.5, 0.6) is 0 Å². The van der Waals surface area contributed by atoms with Crippen LogP contribution >= 0.6 is 24.0 Å². The number of nitrogens with one attached hydrogen (secondary N) is 2. The molecular formula is C20H34FIN4O. The zero-order chi connectivity index (χ0) is 18.9. The summed E-state index contributed by atoms with van der Waals surface area (Å²) >= 11 is 0. The van der Waals surface area contributed by atoms with E-state index in [-0.39, 0.29) is 29.8 Å². The molecule has 0 aliphatic carbocycles. The number of aryl methyl sites for hydroxylation is 1. The number of rotatable bonds is 7. The molecule has 2 rings (SSSR count). The fourth-order valence-electron chi connectivity index (χ4n) is 3.22. The van der Waals surface area contributed by atoms with Gasteiger partial charge in [-0.15, -0.1) is 24.0 Å². The third kappa shape index (κ3) is 8.74. The Labute approximate surface area is 180 Å². The van der Waals surface area contributed by atoms with E-state index >= 15 is 0 Å². The van der Waals surface area contributed by atoms with Crippen molar-refractivity contribution in [2.75, 3.05) is 32.7 Å². The first-order valence-electron chi connectivity index (χ1n) is 9.63. The van der Waals surface area contributed by atoms with Crippen molar-refractivity contribution in [3.63, 3.8) is 0 Å². The number of aliphatic imine (C=N–C) groups is 1. The van der Waals surface area contributed by atoms with E-state index in [1.807, 2.05) is 13.0 Å². The third-order valence-corrected chi connectivity index (χ3v) is 4.44. The summed E-state index contributed by atoms with van der Waals surface area (Å²) in [5.74, 6) is 0.599. The van der Waals surface area contributed by atoms with E-state index in [0.717, 1.165) is 50.7 Å². The van der Waals surface area contributed by atoms with Gasteiger partial charge in [-0.1, -0.05) is 12.1 Å². The van der Waals surface area contributed by atoms with Crippen molar-refractivity contribution >= 4 is 29.9 Å². The van der Waals surface area contributed by atoms with Gasteiger partial charge in [0.15, 0.2) is 5.96 Å². The lowest BCUT2D eigenvalue weighted by molar-refractivity contribution is -0.0679. The standard InChI is InChI=1S/C20H33FN4O.HI/c1-5-22-20(24-12-18-8-7-15(2)19(21)11-18)23-9-6-10-25-13-16(3)26-17(4)14-25;/h7-8,11,16-17H,5-6,9-10,12-14H2,1-4H3,(H2,22,23,24);1H. The van der Waals surface area contributed by atoms with Gasteiger partial charge in [-0.05, 0) is 51.3 Å². The van der Waals surface area contributed by atoms with E-state index in [2.05, 4.69) is 34.4 Å². The van der Waals surface area contributed by atoms with E-state index in [1.54, 1.807) is 19.1 Å². The Balaban J connectivity index is 0.00000364. The van der Waals surface area contributed by atoms with Gasteiger partial charge in [0.25, 0.3) is 0 Å². The summed E-state index contributed by atoms with van der Waals surface area (Å²) in [6, 6.07) is 5.28. The first-order valence-corrected chi connectivity index (χ1v) is 9.63. The van der Waals surface area contributed by atoms with E-state index < -0.39 is 0 Å². The molecule has 0 amide bonds. The van der Waals surface area contributed by atoms with Crippen LogP contribution in [0.4, 0.5) is 4.39 Å². The maximum atomic E-state index is 13.6. The van der Waals surface area contributed by atoms with Gasteiger partial charge >= 0.3 is 0 Å². The zero-order valence-corrected chi connectivity index (χ0v) is 19.3. The van der Waals surface area contributed by atoms with Gasteiger partial charge in [-0.25, -0.2) is 9.38 Å². The van der Waals surface area contributed by atoms with Gasteiger partial charge in [-0.3, -0.25) is 4.90 Å². The molecule has 1 aromatic carbocycles. The van der Waals surface area contributed by atoms with Crippen LogP contribution in [0.1, 0.15) is 38.3 Å². The smallest absolute Gasteiger partial charge is 0.191 e. The second-order valence-electron chi connectivity index (χ2n) is 7.08. The molecule has 154 valence electrons. The molecule has 1 heterocycles. The van der Waals surface area contributed by atoms with Gasteiger partial charge in [-0.2, -0.15) is 0 Å². The van der Waals surface area contributed by atoms with Crippen LogP contribution in [0, 0.1) is 12.7 Å². The minimum Gasteiger partial charge on any atom is -0.373 e. The van der Waals surface area contributed by atoms with Crippen LogP contribution in [-0.2, 0) is 11.3 Å². The topological polar surface area (TPSA) is 48.9 Å². The molecule has 1 aliphatic rings. The summed E-state index contributed by atoms with van der Waals surface area (Å²) in [4.78, 5) is 7.02. The van der Waals surface area contributed by atoms with Crippen LogP contribution in [-0.4, -0.2) is 55.8 Å². The van der Waals surface area contributed by atoms with Crippen molar-refractivity contribution in [3.8, 4) is 0 Å². The molecule has 1 aliphatic heterocycles. The monoisotopic (exact) mass is 492 g/mol. The highest BCUT2D eigenvalue weighted by Crippen LogP contribution is 2.11. The van der Waals surface area contributed by atoms with Crippen LogP contribution in [0.15, 0.2) is 23.2 Å². The summed E-state index contributed by atoms with van der Waals surface area (Å²) in [6.45, 7) is 13.2. The van der Waals surface area contributed by atoms with Gasteiger partial charge in [0, 0.05) is 32.7 Å². The number of benzene rings is 1. The first kappa shape index (κ1) is 24.1. The quantitative estimate of drug-likeness (QED) is 0.266. The van der Waals surface area contributed by atoms with Crippen molar-refractivity contribution in [3.05, 3.63) is 35.1 Å². The Morgan fingerprint density at radius 2 is 1.96 bits per heavy atom. The molecule has 2 N–H and O–H groups in total. The first-order chi connectivity index (χ1) is 12.5. The maximum absolute atomic E-state index is 13.6. The van der Waals surface area contributed by atoms with Crippen LogP contribution in [0.2, 0.25) is 0 Å². The van der Waals surface area contributed by atoms with E-state index in [0.29, 0.717) is 24.3 Å². The number of hydrogen-bond donors (Lipinski definition) is 2. The molecule has 0 bridgehead atoms. The van der Waals surface area contributed by atoms with Gasteiger partial charge in [0.1, 0.15) is 5.82 Å². The Morgan fingerprint density at radius 3 is 2.59 bits per heavy atom. The second kappa shape index (κ2) is 12.5. The fourth-order valence-corrected chi connectivity index (χ4v) is 3.22. The van der Waals surface area contributed by atoms with E-state index in [1.165, 1.54) is 0 Å². The number of guanidine groups is 1. The Hall–Kier alpha value is -0.930. The van der Waals surface area contributed by atoms with Crippen molar-refractivity contribution in [2.24, 2.45) is 4.99 Å². The molecule has 0 spiro atoms. The number of ether oxygens (including phenoxy) is 1. The number of halogens is 2. The van der Waals surface area contributed by atoms with Gasteiger partial charge < -0.3 is 15.4 Å². The van der Waals surface area contributed by atoms with Crippen LogP contribution < -0.4 is 10.6 Å². The van der Waals surface area contributed by atoms with Crippen LogP contribution in [0.3, 0.4) is 0 Å². The Bertz CT molecular complexity index is 589. The summed E-state index contributed by atoms with van der Waals surface area (Å²) in [6.07, 6.45) is 1.66. The second-order valence-corrected chi connectivity index (χ2v) is 7.08. The molecule has 2 atom stereocenters. The maximum Gasteiger partial charge on any atom is 0.191 e. The highest BCUT2D eigenvalue weighted by molar-refractivity contribution is 14.0. The summed E-state index contributed by atoms with van der Waals surface area (Å²) in [5.41, 5.74) is 1.54. The number of nitrogens with zero attached hydrogens (tertiary/aromatic N) is 2. The van der Waals surface area contributed by atoms with Crippen molar-refractivity contribution in [2.45, 2.75) is 52.9 Å². The predicted molar refractivity (Wildman–Crippen MR) is 120 cm³/mol. The van der Waals surface area contributed by atoms with E-state index in [9.17, 15) is 4.39 Å². The largest absolute Gasteiger partial charge is 0.373 e. The average molecular weight is 492 g/mol. The van der Waals surface area contributed by atoms with Crippen molar-refractivity contribution < 1.29 is 9.13 Å². The highest BCUT2D eigenvalue weighted by atomic mass is 127. The van der Waals surface area contributed by atoms with E-state index in [4.69, 9.17) is 4.74 Å². The molecule has 7 heteroatoms. The predicted octanol–water partition coefficient (Wildman–Crippen LogP) is 3.31. The lowest BCUT2D eigenvalue weighted by Gasteiger charge is -2.35. The zero-order valence-electron chi connectivity index (χ0n) is 16.9. The molecule has 0 aromatic heterocycles. The summed E-state index contributed by atoms with van der Waals surface area (Å²) in [7, 11) is 0. The SMILES string of the molecule is CCNC(=NCc1ccc(C)c(F)c1)NCCCN1CC(C)OC(C)C1.I. The van der Waals surface area contributed by atoms with Gasteiger partial charge in [0.05, 0.1) is 18.8 Å². The number of morpholine rings is 1. The fraction of sp³-hybridized carbons (Fsp3) is 0.650. The minimum atomic E-state index is -0.176. The summed E-state index contributed by atoms with van der Waals surface area (Å²) in [5, 5.41) is 6.61. The van der Waals surface area contributed by atoms with Crippen LogP contribution in [0.25, 0.3) is 0 Å². The average Bonchev–Trinajstić information content (AvgIpc) is 2.58. The lowest BCUT2D eigenvalue weighted by atomic mass is 10.1. The molecule has 1 aromatic rings. The minimum absolute atomic E-state index is 0. The third-order valence-electron chi connectivity index (χ3n) is 4.44. The molecule has 2 unspecified atom stereocenters.